The molecule has 5 heteroatoms. The predicted molar refractivity (Wildman–Crippen MR) is 83.0 cm³/mol. The molecule has 0 aliphatic carbocycles. The summed E-state index contributed by atoms with van der Waals surface area (Å²) in [7, 11) is 0. The van der Waals surface area contributed by atoms with Crippen molar-refractivity contribution in [3.8, 4) is 0 Å². The molecule has 0 spiro atoms. The first kappa shape index (κ1) is 15.0. The fourth-order valence-electron chi connectivity index (χ4n) is 1.76. The van der Waals surface area contributed by atoms with Crippen LogP contribution in [0.5, 0.6) is 0 Å². The van der Waals surface area contributed by atoms with E-state index in [1.54, 1.807) is 18.5 Å². The summed E-state index contributed by atoms with van der Waals surface area (Å²) in [5, 5.41) is 6.12. The number of carbonyl (C=O) groups is 1. The lowest BCUT2D eigenvalue weighted by atomic mass is 10.2. The van der Waals surface area contributed by atoms with E-state index in [4.69, 9.17) is 0 Å². The normalized spacial score (nSPS) is 10.4. The Kier molecular flexibility index (Phi) is 5.26. The van der Waals surface area contributed by atoms with Crippen molar-refractivity contribution in [1.29, 1.82) is 0 Å². The van der Waals surface area contributed by atoms with Gasteiger partial charge in [0.1, 0.15) is 5.69 Å². The Morgan fingerprint density at radius 3 is 2.86 bits per heavy atom. The molecule has 0 saturated heterocycles. The maximum atomic E-state index is 12.0. The lowest BCUT2D eigenvalue weighted by molar-refractivity contribution is 0.0944. The van der Waals surface area contributed by atoms with Gasteiger partial charge in [-0.05, 0) is 29.7 Å². The zero-order chi connectivity index (χ0) is 15.1. The van der Waals surface area contributed by atoms with Crippen molar-refractivity contribution in [2.45, 2.75) is 20.4 Å². The molecule has 0 bridgehead atoms. The summed E-state index contributed by atoms with van der Waals surface area (Å²) in [6, 6.07) is 7.49. The van der Waals surface area contributed by atoms with Gasteiger partial charge < -0.3 is 10.6 Å². The number of aromatic nitrogens is 2. The van der Waals surface area contributed by atoms with Crippen molar-refractivity contribution in [2.24, 2.45) is 5.92 Å². The molecule has 0 unspecified atom stereocenters. The number of hydrogen-bond donors (Lipinski definition) is 2. The summed E-state index contributed by atoms with van der Waals surface area (Å²) in [6.45, 7) is 5.41. The first-order chi connectivity index (χ1) is 10.1. The van der Waals surface area contributed by atoms with Crippen molar-refractivity contribution < 1.29 is 4.79 Å². The van der Waals surface area contributed by atoms with Gasteiger partial charge in [0.15, 0.2) is 0 Å². The molecule has 2 N–H and O–H groups in total. The Bertz CT molecular complexity index is 584. The Hall–Kier alpha value is -2.43. The molecule has 2 aromatic heterocycles. The van der Waals surface area contributed by atoms with Crippen LogP contribution in [0.4, 0.5) is 5.69 Å². The Morgan fingerprint density at radius 2 is 2.14 bits per heavy atom. The second-order valence-electron chi connectivity index (χ2n) is 5.25. The van der Waals surface area contributed by atoms with Crippen LogP contribution in [-0.2, 0) is 6.54 Å². The minimum Gasteiger partial charge on any atom is -0.381 e. The van der Waals surface area contributed by atoms with Crippen LogP contribution in [0.1, 0.15) is 29.9 Å². The summed E-state index contributed by atoms with van der Waals surface area (Å²) in [5.41, 5.74) is 2.37. The minimum absolute atomic E-state index is 0.145. The van der Waals surface area contributed by atoms with Gasteiger partial charge in [0, 0.05) is 37.4 Å². The number of pyridine rings is 2. The second-order valence-corrected chi connectivity index (χ2v) is 5.25. The van der Waals surface area contributed by atoms with E-state index in [9.17, 15) is 4.79 Å². The van der Waals surface area contributed by atoms with Crippen LogP contribution < -0.4 is 10.6 Å². The van der Waals surface area contributed by atoms with E-state index in [2.05, 4.69) is 34.4 Å². The smallest absolute Gasteiger partial charge is 0.269 e. The third-order valence-corrected chi connectivity index (χ3v) is 2.88. The van der Waals surface area contributed by atoms with E-state index in [1.165, 1.54) is 0 Å². The molecule has 110 valence electrons. The van der Waals surface area contributed by atoms with Crippen LogP contribution in [0.15, 0.2) is 42.9 Å². The highest BCUT2D eigenvalue weighted by atomic mass is 16.1. The number of anilines is 1. The first-order valence-corrected chi connectivity index (χ1v) is 7.02. The quantitative estimate of drug-likeness (QED) is 0.855. The highest BCUT2D eigenvalue weighted by Gasteiger charge is 2.08. The molecule has 2 heterocycles. The van der Waals surface area contributed by atoms with Crippen LogP contribution in [0, 0.1) is 5.92 Å². The largest absolute Gasteiger partial charge is 0.381 e. The van der Waals surface area contributed by atoms with E-state index in [1.807, 2.05) is 24.4 Å². The van der Waals surface area contributed by atoms with Crippen LogP contribution >= 0.6 is 0 Å². The monoisotopic (exact) mass is 284 g/mol. The molecular formula is C16H20N4O. The van der Waals surface area contributed by atoms with Gasteiger partial charge in [0.05, 0.1) is 0 Å². The minimum atomic E-state index is -0.145. The fraction of sp³-hybridized carbons (Fsp3) is 0.312. The zero-order valence-corrected chi connectivity index (χ0v) is 12.3. The molecule has 0 atom stereocenters. The van der Waals surface area contributed by atoms with Crippen LogP contribution in [0.2, 0.25) is 0 Å². The molecule has 5 nitrogen and oxygen atoms in total. The number of rotatable bonds is 6. The third-order valence-electron chi connectivity index (χ3n) is 2.88. The van der Waals surface area contributed by atoms with Gasteiger partial charge >= 0.3 is 0 Å². The number of hydrogen-bond acceptors (Lipinski definition) is 4. The van der Waals surface area contributed by atoms with Gasteiger partial charge in [0.2, 0.25) is 0 Å². The summed E-state index contributed by atoms with van der Waals surface area (Å²) in [4.78, 5) is 20.1. The van der Waals surface area contributed by atoms with Gasteiger partial charge in [-0.2, -0.15) is 0 Å². The molecule has 1 amide bonds. The zero-order valence-electron chi connectivity index (χ0n) is 12.3. The molecular weight excluding hydrogens is 264 g/mol. The van der Waals surface area contributed by atoms with Gasteiger partial charge in [-0.25, -0.2) is 0 Å². The summed E-state index contributed by atoms with van der Waals surface area (Å²) in [5.74, 6) is 0.273. The van der Waals surface area contributed by atoms with Gasteiger partial charge in [-0.15, -0.1) is 0 Å². The molecule has 0 saturated carbocycles. The molecule has 0 fully saturated rings. The lowest BCUT2D eigenvalue weighted by Crippen LogP contribution is -2.28. The maximum absolute atomic E-state index is 12.0. The van der Waals surface area contributed by atoms with E-state index in [0.717, 1.165) is 11.3 Å². The third kappa shape index (κ3) is 4.87. The molecule has 21 heavy (non-hydrogen) atoms. The Labute approximate surface area is 124 Å². The van der Waals surface area contributed by atoms with E-state index >= 15 is 0 Å². The molecule has 2 rings (SSSR count). The SMILES string of the molecule is CC(C)CNC(=O)c1cc(NCc2cccnc2)ccn1. The molecule has 0 aromatic carbocycles. The lowest BCUT2D eigenvalue weighted by Gasteiger charge is -2.09. The standard InChI is InChI=1S/C16H20N4O/c1-12(2)9-20-16(21)15-8-14(5-7-18-15)19-11-13-4-3-6-17-10-13/h3-8,10,12H,9,11H2,1-2H3,(H,18,19)(H,20,21). The van der Waals surface area contributed by atoms with Gasteiger partial charge in [-0.3, -0.25) is 14.8 Å². The molecule has 0 aliphatic heterocycles. The van der Waals surface area contributed by atoms with Crippen LogP contribution in [-0.4, -0.2) is 22.4 Å². The van der Waals surface area contributed by atoms with E-state index in [-0.39, 0.29) is 5.91 Å². The van der Waals surface area contributed by atoms with Crippen molar-refractivity contribution in [3.05, 3.63) is 54.1 Å². The molecule has 0 aliphatic rings. The Balaban J connectivity index is 1.96. The maximum Gasteiger partial charge on any atom is 0.269 e. The number of nitrogens with zero attached hydrogens (tertiary/aromatic N) is 2. The number of nitrogens with one attached hydrogen (secondary N) is 2. The van der Waals surface area contributed by atoms with Crippen LogP contribution in [0.3, 0.4) is 0 Å². The number of amides is 1. The molecule has 0 radical (unpaired) electrons. The van der Waals surface area contributed by atoms with Crippen LogP contribution in [0.25, 0.3) is 0 Å². The fourth-order valence-corrected chi connectivity index (χ4v) is 1.76. The highest BCUT2D eigenvalue weighted by Crippen LogP contribution is 2.10. The summed E-state index contributed by atoms with van der Waals surface area (Å²) < 4.78 is 0. The average Bonchev–Trinajstić information content (AvgIpc) is 2.52. The van der Waals surface area contributed by atoms with Crippen molar-refractivity contribution >= 4 is 11.6 Å². The van der Waals surface area contributed by atoms with Crippen molar-refractivity contribution in [3.63, 3.8) is 0 Å². The van der Waals surface area contributed by atoms with Crippen molar-refractivity contribution in [2.75, 3.05) is 11.9 Å². The molecule has 2 aromatic rings. The average molecular weight is 284 g/mol. The summed E-state index contributed by atoms with van der Waals surface area (Å²) >= 11 is 0. The Morgan fingerprint density at radius 1 is 1.29 bits per heavy atom. The number of carbonyl (C=O) groups excluding carboxylic acids is 1. The predicted octanol–water partition coefficient (Wildman–Crippen LogP) is 2.47. The van der Waals surface area contributed by atoms with E-state index in [0.29, 0.717) is 24.7 Å². The van der Waals surface area contributed by atoms with Gasteiger partial charge in [0.25, 0.3) is 5.91 Å². The van der Waals surface area contributed by atoms with E-state index < -0.39 is 0 Å². The summed E-state index contributed by atoms with van der Waals surface area (Å²) in [6.07, 6.45) is 5.19. The topological polar surface area (TPSA) is 66.9 Å². The van der Waals surface area contributed by atoms with Crippen molar-refractivity contribution in [1.82, 2.24) is 15.3 Å². The van der Waals surface area contributed by atoms with Gasteiger partial charge in [-0.1, -0.05) is 19.9 Å². The first-order valence-electron chi connectivity index (χ1n) is 7.02. The highest BCUT2D eigenvalue weighted by molar-refractivity contribution is 5.93. The second kappa shape index (κ2) is 7.38.